The standard InChI is InChI=1S/C13H23NO/c1-4-7-8-9-10-13(6-3)12-14-15-11-5-2/h2,12-13H,4,6-11H2,1,3H3/b14-12+. The van der Waals surface area contributed by atoms with Crippen LogP contribution in [0.15, 0.2) is 5.16 Å². The first-order chi connectivity index (χ1) is 7.35. The third kappa shape index (κ3) is 9.34. The van der Waals surface area contributed by atoms with E-state index in [1.165, 1.54) is 32.1 Å². The van der Waals surface area contributed by atoms with Crippen molar-refractivity contribution in [1.82, 2.24) is 0 Å². The van der Waals surface area contributed by atoms with E-state index < -0.39 is 0 Å². The highest BCUT2D eigenvalue weighted by Crippen LogP contribution is 2.12. The van der Waals surface area contributed by atoms with E-state index in [-0.39, 0.29) is 6.61 Å². The summed E-state index contributed by atoms with van der Waals surface area (Å²) in [4.78, 5) is 4.88. The van der Waals surface area contributed by atoms with Crippen molar-refractivity contribution in [2.45, 2.75) is 52.4 Å². The van der Waals surface area contributed by atoms with Crippen molar-refractivity contribution < 1.29 is 4.84 Å². The average molecular weight is 209 g/mol. The fourth-order valence-electron chi connectivity index (χ4n) is 1.42. The molecule has 0 radical (unpaired) electrons. The van der Waals surface area contributed by atoms with Gasteiger partial charge in [-0.05, 0) is 18.8 Å². The van der Waals surface area contributed by atoms with Crippen molar-refractivity contribution in [3.63, 3.8) is 0 Å². The van der Waals surface area contributed by atoms with Crippen LogP contribution in [0.25, 0.3) is 0 Å². The van der Waals surface area contributed by atoms with Crippen LogP contribution in [0.5, 0.6) is 0 Å². The quantitative estimate of drug-likeness (QED) is 0.246. The lowest BCUT2D eigenvalue weighted by atomic mass is 10.00. The van der Waals surface area contributed by atoms with Crippen molar-refractivity contribution in [1.29, 1.82) is 0 Å². The molecule has 0 saturated carbocycles. The first-order valence-corrected chi connectivity index (χ1v) is 5.94. The van der Waals surface area contributed by atoms with E-state index in [0.29, 0.717) is 5.92 Å². The van der Waals surface area contributed by atoms with Crippen molar-refractivity contribution >= 4 is 6.21 Å². The molecule has 0 aromatic heterocycles. The van der Waals surface area contributed by atoms with E-state index >= 15 is 0 Å². The van der Waals surface area contributed by atoms with Crippen LogP contribution in [0.4, 0.5) is 0 Å². The Morgan fingerprint density at radius 2 is 2.13 bits per heavy atom. The van der Waals surface area contributed by atoms with Gasteiger partial charge in [0.25, 0.3) is 0 Å². The summed E-state index contributed by atoms with van der Waals surface area (Å²) in [7, 11) is 0. The summed E-state index contributed by atoms with van der Waals surface area (Å²) in [6, 6.07) is 0. The van der Waals surface area contributed by atoms with Crippen LogP contribution in [0.2, 0.25) is 0 Å². The first kappa shape index (κ1) is 14.0. The second kappa shape index (κ2) is 11.1. The van der Waals surface area contributed by atoms with Crippen LogP contribution in [0.1, 0.15) is 52.4 Å². The highest BCUT2D eigenvalue weighted by Gasteiger charge is 2.02. The van der Waals surface area contributed by atoms with E-state index in [4.69, 9.17) is 11.3 Å². The molecule has 0 aliphatic rings. The number of terminal acetylenes is 1. The number of rotatable bonds is 9. The van der Waals surface area contributed by atoms with Gasteiger partial charge in [-0.2, -0.15) is 0 Å². The molecule has 0 aromatic carbocycles. The number of unbranched alkanes of at least 4 members (excludes halogenated alkanes) is 3. The summed E-state index contributed by atoms with van der Waals surface area (Å²) in [6.07, 6.45) is 14.5. The Morgan fingerprint density at radius 3 is 2.73 bits per heavy atom. The van der Waals surface area contributed by atoms with Crippen molar-refractivity contribution in [2.24, 2.45) is 11.1 Å². The third-order valence-corrected chi connectivity index (χ3v) is 2.45. The van der Waals surface area contributed by atoms with Gasteiger partial charge in [0, 0.05) is 6.21 Å². The predicted molar refractivity (Wildman–Crippen MR) is 65.8 cm³/mol. The lowest BCUT2D eigenvalue weighted by Crippen LogP contribution is -2.01. The normalized spacial score (nSPS) is 12.6. The first-order valence-electron chi connectivity index (χ1n) is 5.94. The molecule has 15 heavy (non-hydrogen) atoms. The highest BCUT2D eigenvalue weighted by molar-refractivity contribution is 5.59. The molecule has 1 unspecified atom stereocenters. The molecular weight excluding hydrogens is 186 g/mol. The molecule has 0 spiro atoms. The van der Waals surface area contributed by atoms with Crippen LogP contribution in [-0.4, -0.2) is 12.8 Å². The van der Waals surface area contributed by atoms with Crippen LogP contribution in [0.3, 0.4) is 0 Å². The third-order valence-electron chi connectivity index (χ3n) is 2.45. The van der Waals surface area contributed by atoms with Gasteiger partial charge in [-0.15, -0.1) is 6.42 Å². The Balaban J connectivity index is 3.54. The summed E-state index contributed by atoms with van der Waals surface area (Å²) in [5, 5.41) is 3.86. The summed E-state index contributed by atoms with van der Waals surface area (Å²) < 4.78 is 0. The molecule has 0 bridgehead atoms. The zero-order chi connectivity index (χ0) is 11.4. The van der Waals surface area contributed by atoms with Gasteiger partial charge in [0.05, 0.1) is 0 Å². The molecular formula is C13H23NO. The molecule has 0 aliphatic heterocycles. The van der Waals surface area contributed by atoms with Gasteiger partial charge in [-0.1, -0.05) is 50.6 Å². The Kier molecular flexibility index (Phi) is 10.4. The van der Waals surface area contributed by atoms with E-state index in [1.807, 2.05) is 6.21 Å². The maximum absolute atomic E-state index is 5.04. The van der Waals surface area contributed by atoms with E-state index in [1.54, 1.807) is 0 Å². The van der Waals surface area contributed by atoms with Crippen molar-refractivity contribution in [2.75, 3.05) is 6.61 Å². The van der Waals surface area contributed by atoms with Gasteiger partial charge < -0.3 is 4.84 Å². The van der Waals surface area contributed by atoms with Crippen LogP contribution < -0.4 is 0 Å². The molecule has 0 heterocycles. The Labute approximate surface area is 94.1 Å². The lowest BCUT2D eigenvalue weighted by molar-refractivity contribution is 0.179. The minimum atomic E-state index is 0.267. The molecule has 0 fully saturated rings. The number of hydrogen-bond acceptors (Lipinski definition) is 2. The maximum atomic E-state index is 5.04. The van der Waals surface area contributed by atoms with Gasteiger partial charge in [-0.3, -0.25) is 0 Å². The molecule has 0 rings (SSSR count). The van der Waals surface area contributed by atoms with Crippen molar-refractivity contribution in [3.05, 3.63) is 0 Å². The van der Waals surface area contributed by atoms with Crippen LogP contribution in [0, 0.1) is 18.3 Å². The highest BCUT2D eigenvalue weighted by atomic mass is 16.6. The molecule has 0 N–H and O–H groups in total. The largest absolute Gasteiger partial charge is 0.383 e. The molecule has 0 aliphatic carbocycles. The average Bonchev–Trinajstić information content (AvgIpc) is 2.27. The van der Waals surface area contributed by atoms with E-state index in [9.17, 15) is 0 Å². The van der Waals surface area contributed by atoms with Gasteiger partial charge >= 0.3 is 0 Å². The minimum Gasteiger partial charge on any atom is -0.383 e. The zero-order valence-electron chi connectivity index (χ0n) is 10.0. The molecule has 0 amide bonds. The van der Waals surface area contributed by atoms with Gasteiger partial charge in [-0.25, -0.2) is 0 Å². The zero-order valence-corrected chi connectivity index (χ0v) is 10.0. The van der Waals surface area contributed by atoms with E-state index in [0.717, 1.165) is 6.42 Å². The van der Waals surface area contributed by atoms with Gasteiger partial charge in [0.15, 0.2) is 6.61 Å². The molecule has 2 heteroatoms. The molecule has 0 saturated heterocycles. The summed E-state index contributed by atoms with van der Waals surface area (Å²) >= 11 is 0. The molecule has 86 valence electrons. The van der Waals surface area contributed by atoms with Crippen molar-refractivity contribution in [3.8, 4) is 12.3 Å². The minimum absolute atomic E-state index is 0.267. The SMILES string of the molecule is C#CCO/N=C/C(CC)CCCCCC. The van der Waals surface area contributed by atoms with Gasteiger partial charge in [0.1, 0.15) is 0 Å². The summed E-state index contributed by atoms with van der Waals surface area (Å²) in [6.45, 7) is 4.67. The summed E-state index contributed by atoms with van der Waals surface area (Å²) in [5.74, 6) is 2.92. The Bertz CT molecular complexity index is 193. The smallest absolute Gasteiger partial charge is 0.177 e. The van der Waals surface area contributed by atoms with Gasteiger partial charge in [0.2, 0.25) is 0 Å². The van der Waals surface area contributed by atoms with Crippen LogP contribution >= 0.6 is 0 Å². The fraction of sp³-hybridized carbons (Fsp3) is 0.769. The topological polar surface area (TPSA) is 21.6 Å². The van der Waals surface area contributed by atoms with E-state index in [2.05, 4.69) is 24.9 Å². The second-order valence-electron chi connectivity index (χ2n) is 3.75. The molecule has 0 aromatic rings. The lowest BCUT2D eigenvalue weighted by Gasteiger charge is -2.07. The number of hydrogen-bond donors (Lipinski definition) is 0. The fourth-order valence-corrected chi connectivity index (χ4v) is 1.42. The monoisotopic (exact) mass is 209 g/mol. The predicted octanol–water partition coefficient (Wildman–Crippen LogP) is 3.62. The summed E-state index contributed by atoms with van der Waals surface area (Å²) in [5.41, 5.74) is 0. The molecule has 1 atom stereocenters. The van der Waals surface area contributed by atoms with Crippen LogP contribution in [-0.2, 0) is 4.84 Å². The Hall–Kier alpha value is -0.970. The maximum Gasteiger partial charge on any atom is 0.177 e. The molecule has 2 nitrogen and oxygen atoms in total. The number of oxime groups is 1. The second-order valence-corrected chi connectivity index (χ2v) is 3.75. The number of nitrogens with zero attached hydrogens (tertiary/aromatic N) is 1. The Morgan fingerprint density at radius 1 is 1.33 bits per heavy atom.